The lowest BCUT2D eigenvalue weighted by Gasteiger charge is -2.44. The Balaban J connectivity index is 1.72. The molecule has 3 aliphatic rings. The van der Waals surface area contributed by atoms with Gasteiger partial charge in [-0.2, -0.15) is 0 Å². The minimum absolute atomic E-state index is 0.0461. The van der Waals surface area contributed by atoms with Crippen LogP contribution in [0.25, 0.3) is 0 Å². The van der Waals surface area contributed by atoms with Crippen molar-refractivity contribution in [2.45, 2.75) is 157 Å². The van der Waals surface area contributed by atoms with Crippen molar-refractivity contribution in [3.63, 3.8) is 0 Å². The zero-order valence-corrected chi connectivity index (χ0v) is 27.7. The van der Waals surface area contributed by atoms with E-state index >= 15 is 0 Å². The van der Waals surface area contributed by atoms with Gasteiger partial charge in [0.1, 0.15) is 11.7 Å². The first-order valence-corrected chi connectivity index (χ1v) is 16.8. The number of allylic oxidation sites excluding steroid dienone is 5. The van der Waals surface area contributed by atoms with E-state index in [0.29, 0.717) is 17.8 Å². The topological polar surface area (TPSA) is 52.6 Å². The third kappa shape index (κ3) is 10.1. The number of esters is 2. The predicted octanol–water partition coefficient (Wildman–Crippen LogP) is 10.1. The molecular formula is C37H60O4. The smallest absolute Gasteiger partial charge is 0.306 e. The lowest BCUT2D eigenvalue weighted by atomic mass is 9.60. The quantitative estimate of drug-likeness (QED) is 0.184. The second-order valence-electron chi connectivity index (χ2n) is 15.0. The molecule has 3 aliphatic carbocycles. The zero-order chi connectivity index (χ0) is 30.2. The normalized spacial score (nSPS) is 30.6. The van der Waals surface area contributed by atoms with Crippen molar-refractivity contribution < 1.29 is 19.1 Å². The van der Waals surface area contributed by atoms with E-state index in [1.54, 1.807) is 5.57 Å². The molecule has 3 saturated carbocycles. The molecule has 0 amide bonds. The lowest BCUT2D eigenvalue weighted by molar-refractivity contribution is -0.155. The summed E-state index contributed by atoms with van der Waals surface area (Å²) in [5.41, 5.74) is 4.29. The second-order valence-corrected chi connectivity index (χ2v) is 15.0. The van der Waals surface area contributed by atoms with Gasteiger partial charge < -0.3 is 9.47 Å². The monoisotopic (exact) mass is 568 g/mol. The first-order valence-electron chi connectivity index (χ1n) is 16.8. The molecule has 0 aromatic rings. The summed E-state index contributed by atoms with van der Waals surface area (Å²) < 4.78 is 11.1. The minimum atomic E-state index is -0.436. The van der Waals surface area contributed by atoms with Crippen molar-refractivity contribution in [2.75, 3.05) is 0 Å². The molecule has 0 saturated heterocycles. The van der Waals surface area contributed by atoms with Crippen LogP contribution in [-0.4, -0.2) is 23.6 Å². The van der Waals surface area contributed by atoms with Gasteiger partial charge in [0, 0.05) is 19.8 Å². The van der Waals surface area contributed by atoms with E-state index < -0.39 is 5.60 Å². The number of rotatable bonds is 11. The highest BCUT2D eigenvalue weighted by Gasteiger charge is 2.50. The molecule has 0 aromatic heterocycles. The van der Waals surface area contributed by atoms with Gasteiger partial charge in [-0.15, -0.1) is 0 Å². The van der Waals surface area contributed by atoms with Gasteiger partial charge >= 0.3 is 11.9 Å². The number of carbonyl (C=O) groups excluding carboxylic acids is 2. The Morgan fingerprint density at radius 2 is 1.76 bits per heavy atom. The van der Waals surface area contributed by atoms with E-state index in [1.807, 2.05) is 20.8 Å². The minimum Gasteiger partial charge on any atom is -0.462 e. The Kier molecular flexibility index (Phi) is 12.4. The van der Waals surface area contributed by atoms with Crippen molar-refractivity contribution in [3.8, 4) is 0 Å². The molecular weight excluding hydrogens is 508 g/mol. The summed E-state index contributed by atoms with van der Waals surface area (Å²) in [6, 6.07) is 0. The largest absolute Gasteiger partial charge is 0.462 e. The second kappa shape index (κ2) is 15.1. The molecule has 3 fully saturated rings. The Hall–Kier alpha value is -1.84. The third-order valence-corrected chi connectivity index (χ3v) is 9.99. The van der Waals surface area contributed by atoms with Crippen LogP contribution >= 0.6 is 0 Å². The summed E-state index contributed by atoms with van der Waals surface area (Å²) >= 11 is 0. The van der Waals surface area contributed by atoms with E-state index in [0.717, 1.165) is 49.9 Å². The van der Waals surface area contributed by atoms with Gasteiger partial charge in [0.05, 0.1) is 0 Å². The van der Waals surface area contributed by atoms with Crippen molar-refractivity contribution in [3.05, 3.63) is 34.9 Å². The molecule has 0 bridgehead atoms. The Labute approximate surface area is 251 Å². The van der Waals surface area contributed by atoms with Crippen molar-refractivity contribution in [2.24, 2.45) is 29.1 Å². The van der Waals surface area contributed by atoms with Gasteiger partial charge in [0.25, 0.3) is 0 Å². The standard InChI is InChI=1S/C37H60O4/c1-26(2)13-11-14-27(3)33-22-23-34-30(16-12-24-37(33,34)8)18-19-31-25-32(40-28(4)38)21-20-29(31)15-9-10-17-35(39)41-36(5,6)7/h15,18-19,26-27,32-34H,9-14,16-17,20-25H2,1-8H3/b29-15+,30-18+,31-19-/t27-,32+,33-,34+,37-/m1/s1. The molecule has 0 heterocycles. The summed E-state index contributed by atoms with van der Waals surface area (Å²) in [6.07, 6.45) is 22.4. The lowest BCUT2D eigenvalue weighted by Crippen LogP contribution is -2.36. The molecule has 0 unspecified atom stereocenters. The first kappa shape index (κ1) is 33.7. The van der Waals surface area contributed by atoms with E-state index in [1.165, 1.54) is 69.4 Å². The molecule has 0 spiro atoms. The van der Waals surface area contributed by atoms with Crippen molar-refractivity contribution >= 4 is 11.9 Å². The molecule has 0 aliphatic heterocycles. The molecule has 0 radical (unpaired) electrons. The average molecular weight is 569 g/mol. The SMILES string of the molecule is CC(=O)O[C@H]1CCC(=C\CCCC(=O)OC(C)(C)C)/C(=C\C=C2/CCC[C@]3(C)[C@@H]([C@H](C)CCCC(C)C)CC[C@@H]23)C1. The number of hydrogen-bond acceptors (Lipinski definition) is 4. The molecule has 0 aromatic carbocycles. The summed E-state index contributed by atoms with van der Waals surface area (Å²) in [4.78, 5) is 23.9. The van der Waals surface area contributed by atoms with Crippen molar-refractivity contribution in [1.29, 1.82) is 0 Å². The highest BCUT2D eigenvalue weighted by molar-refractivity contribution is 5.69. The van der Waals surface area contributed by atoms with Gasteiger partial charge in [-0.25, -0.2) is 0 Å². The summed E-state index contributed by atoms with van der Waals surface area (Å²) in [5.74, 6) is 2.81. The Morgan fingerprint density at radius 1 is 1.00 bits per heavy atom. The van der Waals surface area contributed by atoms with E-state index in [-0.39, 0.29) is 18.0 Å². The third-order valence-electron chi connectivity index (χ3n) is 9.99. The predicted molar refractivity (Wildman–Crippen MR) is 169 cm³/mol. The number of carbonyl (C=O) groups is 2. The van der Waals surface area contributed by atoms with Gasteiger partial charge in [0.15, 0.2) is 0 Å². The van der Waals surface area contributed by atoms with Gasteiger partial charge in [-0.05, 0) is 119 Å². The Morgan fingerprint density at radius 3 is 2.44 bits per heavy atom. The van der Waals surface area contributed by atoms with Crippen LogP contribution in [0.4, 0.5) is 0 Å². The van der Waals surface area contributed by atoms with Gasteiger partial charge in [-0.3, -0.25) is 9.59 Å². The van der Waals surface area contributed by atoms with E-state index in [4.69, 9.17) is 9.47 Å². The van der Waals surface area contributed by atoms with E-state index in [9.17, 15) is 9.59 Å². The molecule has 0 N–H and O–H groups in total. The van der Waals surface area contributed by atoms with Crippen LogP contribution in [-0.2, 0) is 19.1 Å². The average Bonchev–Trinajstić information content (AvgIpc) is 3.22. The first-order chi connectivity index (χ1) is 19.3. The maximum Gasteiger partial charge on any atom is 0.306 e. The fourth-order valence-electron chi connectivity index (χ4n) is 8.09. The van der Waals surface area contributed by atoms with Gasteiger partial charge in [-0.1, -0.05) is 70.8 Å². The van der Waals surface area contributed by atoms with E-state index in [2.05, 4.69) is 45.9 Å². The van der Waals surface area contributed by atoms with Crippen LogP contribution in [0.2, 0.25) is 0 Å². The fourth-order valence-corrected chi connectivity index (χ4v) is 8.09. The Bertz CT molecular complexity index is 977. The van der Waals surface area contributed by atoms with Crippen LogP contribution < -0.4 is 0 Å². The zero-order valence-electron chi connectivity index (χ0n) is 27.7. The number of fused-ring (bicyclic) bond motifs is 1. The maximum absolute atomic E-state index is 12.1. The summed E-state index contributed by atoms with van der Waals surface area (Å²) in [6.45, 7) is 17.1. The number of ether oxygens (including phenoxy) is 2. The molecule has 232 valence electrons. The maximum atomic E-state index is 12.1. The number of unbranched alkanes of at least 4 members (excludes halogenated alkanes) is 1. The molecule has 4 nitrogen and oxygen atoms in total. The molecule has 5 atom stereocenters. The van der Waals surface area contributed by atoms with Crippen LogP contribution in [0.5, 0.6) is 0 Å². The van der Waals surface area contributed by atoms with Crippen LogP contribution in [0.3, 0.4) is 0 Å². The van der Waals surface area contributed by atoms with Crippen molar-refractivity contribution in [1.82, 2.24) is 0 Å². The van der Waals surface area contributed by atoms with Gasteiger partial charge in [0.2, 0.25) is 0 Å². The van der Waals surface area contributed by atoms with Crippen LogP contribution in [0, 0.1) is 29.1 Å². The molecule has 4 heteroatoms. The number of hydrogen-bond donors (Lipinski definition) is 0. The summed E-state index contributed by atoms with van der Waals surface area (Å²) in [5, 5.41) is 0. The molecule has 41 heavy (non-hydrogen) atoms. The highest BCUT2D eigenvalue weighted by atomic mass is 16.6. The van der Waals surface area contributed by atoms with Crippen LogP contribution in [0.15, 0.2) is 34.9 Å². The fraction of sp³-hybridized carbons (Fsp3) is 0.784. The molecule has 3 rings (SSSR count). The van der Waals surface area contributed by atoms with Crippen LogP contribution in [0.1, 0.15) is 145 Å². The highest BCUT2D eigenvalue weighted by Crippen LogP contribution is 2.60. The summed E-state index contributed by atoms with van der Waals surface area (Å²) in [7, 11) is 0.